The molecule has 12 heteroatoms. The van der Waals surface area contributed by atoms with Gasteiger partial charge < -0.3 is 9.80 Å². The Labute approximate surface area is 231 Å². The number of amides is 3. The van der Waals surface area contributed by atoms with Crippen LogP contribution in [0.1, 0.15) is 49.8 Å². The average Bonchev–Trinajstić information content (AvgIpc) is 3.55. The molecule has 3 amide bonds. The van der Waals surface area contributed by atoms with E-state index in [2.05, 4.69) is 10.00 Å². The average molecular weight is 565 g/mol. The van der Waals surface area contributed by atoms with Crippen LogP contribution in [0.2, 0.25) is 0 Å². The summed E-state index contributed by atoms with van der Waals surface area (Å²) in [5, 5.41) is 3.70. The molecule has 0 atom stereocenters. The quantitative estimate of drug-likeness (QED) is 0.463. The molecular weight excluding hydrogens is 528 g/mol. The first-order valence-electron chi connectivity index (χ1n) is 13.6. The second-order valence-corrected chi connectivity index (χ2v) is 11.9. The summed E-state index contributed by atoms with van der Waals surface area (Å²) in [6, 6.07) is 7.12. The summed E-state index contributed by atoms with van der Waals surface area (Å²) in [4.78, 5) is 33.0. The number of hydrogen-bond acceptors (Lipinski definition) is 4. The summed E-state index contributed by atoms with van der Waals surface area (Å²) < 4.78 is 56.3. The van der Waals surface area contributed by atoms with Gasteiger partial charge in [-0.25, -0.2) is 13.9 Å². The normalized spacial score (nSPS) is 25.4. The third-order valence-corrected chi connectivity index (χ3v) is 8.96. The predicted octanol–water partition coefficient (Wildman–Crippen LogP) is 4.55. The minimum atomic E-state index is -4.73. The number of nitrogens with zero attached hydrogens (tertiary/aromatic N) is 6. The monoisotopic (exact) mass is 564 g/mol. The minimum Gasteiger partial charge on any atom is -0.347 e. The number of anilines is 1. The smallest absolute Gasteiger partial charge is 0.347 e. The molecule has 2 heterocycles. The fourth-order valence-corrected chi connectivity index (χ4v) is 6.28. The van der Waals surface area contributed by atoms with Gasteiger partial charge in [0.25, 0.3) is 0 Å². The van der Waals surface area contributed by atoms with Crippen LogP contribution < -0.4 is 4.90 Å². The van der Waals surface area contributed by atoms with Crippen molar-refractivity contribution in [3.63, 3.8) is 0 Å². The number of halogens is 4. The Balaban J connectivity index is 1.50. The summed E-state index contributed by atoms with van der Waals surface area (Å²) in [6.45, 7) is 0.326. The van der Waals surface area contributed by atoms with Crippen molar-refractivity contribution in [1.82, 2.24) is 24.5 Å². The number of carbonyl (C=O) groups excluding carboxylic acids is 2. The molecule has 0 radical (unpaired) electrons. The fourth-order valence-electron chi connectivity index (χ4n) is 6.28. The van der Waals surface area contributed by atoms with Crippen LogP contribution in [-0.2, 0) is 23.1 Å². The lowest BCUT2D eigenvalue weighted by atomic mass is 9.68. The van der Waals surface area contributed by atoms with Crippen LogP contribution in [0.3, 0.4) is 0 Å². The zero-order valence-electron chi connectivity index (χ0n) is 23.3. The van der Waals surface area contributed by atoms with Crippen molar-refractivity contribution in [2.24, 2.45) is 5.92 Å². The van der Waals surface area contributed by atoms with Gasteiger partial charge in [0, 0.05) is 32.2 Å². The maximum Gasteiger partial charge on any atom is 0.435 e. The van der Waals surface area contributed by atoms with Crippen LogP contribution in [0, 0.1) is 11.7 Å². The lowest BCUT2D eigenvalue weighted by molar-refractivity contribution is -0.142. The summed E-state index contributed by atoms with van der Waals surface area (Å²) >= 11 is 0. The Hall–Kier alpha value is -3.15. The van der Waals surface area contributed by atoms with E-state index in [-0.39, 0.29) is 24.2 Å². The Morgan fingerprint density at radius 3 is 2.30 bits per heavy atom. The first kappa shape index (κ1) is 28.4. The van der Waals surface area contributed by atoms with Crippen LogP contribution >= 0.6 is 0 Å². The minimum absolute atomic E-state index is 0.0280. The Kier molecular flexibility index (Phi) is 7.12. The van der Waals surface area contributed by atoms with Gasteiger partial charge in [0.2, 0.25) is 5.91 Å². The third-order valence-electron chi connectivity index (χ3n) is 8.96. The van der Waals surface area contributed by atoms with Crippen molar-refractivity contribution in [3.8, 4) is 0 Å². The van der Waals surface area contributed by atoms with Gasteiger partial charge in [0.15, 0.2) is 5.69 Å². The number of benzene rings is 1. The molecule has 3 aliphatic rings. The molecular formula is C28H36F4N6O2. The molecule has 0 bridgehead atoms. The fraction of sp³-hybridized carbons (Fsp3) is 0.607. The van der Waals surface area contributed by atoms with Gasteiger partial charge in [-0.1, -0.05) is 12.1 Å². The van der Waals surface area contributed by atoms with Crippen molar-refractivity contribution in [2.75, 3.05) is 46.2 Å². The number of aromatic nitrogens is 2. The molecule has 40 heavy (non-hydrogen) atoms. The summed E-state index contributed by atoms with van der Waals surface area (Å²) in [7, 11) is 6.97. The largest absolute Gasteiger partial charge is 0.435 e. The van der Waals surface area contributed by atoms with E-state index < -0.39 is 35.4 Å². The third kappa shape index (κ3) is 5.06. The lowest BCUT2D eigenvalue weighted by Gasteiger charge is -2.51. The van der Waals surface area contributed by atoms with E-state index in [0.717, 1.165) is 29.2 Å². The topological polar surface area (TPSA) is 64.9 Å². The van der Waals surface area contributed by atoms with Crippen molar-refractivity contribution in [1.29, 1.82) is 0 Å². The summed E-state index contributed by atoms with van der Waals surface area (Å²) in [6.07, 6.45) is -0.191. The first-order chi connectivity index (χ1) is 18.8. The molecule has 3 fully saturated rings. The molecule has 2 saturated carbocycles. The molecule has 2 aromatic rings. The van der Waals surface area contributed by atoms with Crippen molar-refractivity contribution in [3.05, 3.63) is 47.4 Å². The van der Waals surface area contributed by atoms with Crippen LogP contribution in [0.15, 0.2) is 30.3 Å². The Morgan fingerprint density at radius 1 is 1.07 bits per heavy atom. The summed E-state index contributed by atoms with van der Waals surface area (Å²) in [5.74, 6) is -0.398. The highest BCUT2D eigenvalue weighted by molar-refractivity contribution is 5.95. The number of alkyl halides is 3. The number of rotatable bonds is 7. The van der Waals surface area contributed by atoms with E-state index in [9.17, 15) is 27.2 Å². The molecule has 218 valence electrons. The van der Waals surface area contributed by atoms with Crippen LogP contribution in [-0.4, -0.2) is 83.2 Å². The molecule has 0 unspecified atom stereocenters. The Bertz CT molecular complexity index is 1280. The molecule has 1 saturated heterocycles. The standard InChI is InChI=1S/C28H36F4N6O2/c1-34(2)24(39)17-38-23(15-22(33-38)28(30,31)32)36-18-26(37(25(36)40)16-19-8-9-19)10-12-27(13-11-26,35(3)4)20-6-5-7-21(29)14-20/h5-7,14-15,19H,8-13,16-18H2,1-4H3/t26-,27-. The molecule has 1 spiro atoms. The zero-order chi connectivity index (χ0) is 29.0. The van der Waals surface area contributed by atoms with Crippen molar-refractivity contribution >= 4 is 17.8 Å². The van der Waals surface area contributed by atoms with Gasteiger partial charge in [-0.15, -0.1) is 0 Å². The molecule has 1 aromatic carbocycles. The van der Waals surface area contributed by atoms with Gasteiger partial charge >= 0.3 is 12.2 Å². The van der Waals surface area contributed by atoms with E-state index in [1.807, 2.05) is 25.1 Å². The van der Waals surface area contributed by atoms with Crippen LogP contribution in [0.5, 0.6) is 0 Å². The second-order valence-electron chi connectivity index (χ2n) is 11.9. The number of urea groups is 1. The van der Waals surface area contributed by atoms with E-state index >= 15 is 0 Å². The van der Waals surface area contributed by atoms with Crippen LogP contribution in [0.25, 0.3) is 0 Å². The van der Waals surface area contributed by atoms with E-state index in [4.69, 9.17) is 0 Å². The highest BCUT2D eigenvalue weighted by atomic mass is 19.4. The van der Waals surface area contributed by atoms with E-state index in [0.29, 0.717) is 38.1 Å². The number of carbonyl (C=O) groups is 2. The highest BCUT2D eigenvalue weighted by Gasteiger charge is 2.56. The molecule has 1 aromatic heterocycles. The van der Waals surface area contributed by atoms with Gasteiger partial charge in [0.1, 0.15) is 18.2 Å². The number of likely N-dealkylation sites (N-methyl/N-ethyl adjacent to an activating group) is 1. The molecule has 5 rings (SSSR count). The van der Waals surface area contributed by atoms with Crippen LogP contribution in [0.4, 0.5) is 28.2 Å². The van der Waals surface area contributed by atoms with Gasteiger partial charge in [0.05, 0.1) is 12.1 Å². The van der Waals surface area contributed by atoms with Crippen molar-refractivity contribution < 1.29 is 27.2 Å². The first-order valence-corrected chi connectivity index (χ1v) is 13.6. The molecule has 8 nitrogen and oxygen atoms in total. The van der Waals surface area contributed by atoms with E-state index in [1.54, 1.807) is 12.1 Å². The number of hydrogen-bond donors (Lipinski definition) is 0. The second kappa shape index (κ2) is 10.0. The zero-order valence-corrected chi connectivity index (χ0v) is 23.3. The van der Waals surface area contributed by atoms with Gasteiger partial charge in [-0.05, 0) is 76.2 Å². The van der Waals surface area contributed by atoms with E-state index in [1.165, 1.54) is 30.0 Å². The molecule has 0 N–H and O–H groups in total. The van der Waals surface area contributed by atoms with Gasteiger partial charge in [-0.2, -0.15) is 18.3 Å². The molecule has 2 aliphatic carbocycles. The SMILES string of the molecule is CN(C)C(=O)Cn1nc(C(F)(F)F)cc1N1C[C@]2(CC[C@@](c3cccc(F)c3)(N(C)C)CC2)N(CC2CC2)C1=O. The molecule has 1 aliphatic heterocycles. The summed E-state index contributed by atoms with van der Waals surface area (Å²) in [5.41, 5.74) is -1.29. The maximum atomic E-state index is 14.2. The lowest BCUT2D eigenvalue weighted by Crippen LogP contribution is -2.55. The Morgan fingerprint density at radius 2 is 1.75 bits per heavy atom. The maximum absolute atomic E-state index is 14.2. The van der Waals surface area contributed by atoms with Gasteiger partial charge in [-0.3, -0.25) is 14.6 Å². The van der Waals surface area contributed by atoms with Crippen molar-refractivity contribution in [2.45, 2.75) is 62.3 Å². The predicted molar refractivity (Wildman–Crippen MR) is 141 cm³/mol. The highest BCUT2D eigenvalue weighted by Crippen LogP contribution is 2.50.